The molecule has 2 fully saturated rings. The molecule has 1 aromatic rings. The highest BCUT2D eigenvalue weighted by atomic mass is 16.7. The van der Waals surface area contributed by atoms with Crippen LogP contribution in [0.3, 0.4) is 0 Å². The Labute approximate surface area is 150 Å². The van der Waals surface area contributed by atoms with Crippen LogP contribution in [0.5, 0.6) is 0 Å². The second-order valence-corrected chi connectivity index (χ2v) is 7.65. The number of nitrogens with two attached hydrogens (primary N) is 1. The lowest BCUT2D eigenvalue weighted by atomic mass is 9.78. The van der Waals surface area contributed by atoms with Crippen LogP contribution in [-0.2, 0) is 20.7 Å². The predicted molar refractivity (Wildman–Crippen MR) is 100 cm³/mol. The van der Waals surface area contributed by atoms with E-state index in [0.717, 1.165) is 18.4 Å². The van der Waals surface area contributed by atoms with Gasteiger partial charge in [-0.2, -0.15) is 0 Å². The number of aliphatic imine (C=N–C) groups is 1. The van der Waals surface area contributed by atoms with Crippen molar-refractivity contribution in [3.8, 4) is 0 Å². The molecule has 1 aromatic carbocycles. The molecule has 1 saturated carbocycles. The summed E-state index contributed by atoms with van der Waals surface area (Å²) in [6.07, 6.45) is 3.66. The van der Waals surface area contributed by atoms with Gasteiger partial charge < -0.3 is 19.8 Å². The first-order chi connectivity index (χ1) is 11.8. The average molecular weight is 342 g/mol. The number of hydrogen-bond donors (Lipinski definition) is 1. The van der Waals surface area contributed by atoms with Crippen LogP contribution in [0.1, 0.15) is 46.1 Å². The summed E-state index contributed by atoms with van der Waals surface area (Å²) in [7, 11) is -0.580. The zero-order valence-electron chi connectivity index (χ0n) is 15.5. The summed E-state index contributed by atoms with van der Waals surface area (Å²) in [5, 5.41) is 0. The Morgan fingerprint density at radius 2 is 1.80 bits per heavy atom. The molecule has 2 N–H and O–H groups in total. The van der Waals surface area contributed by atoms with E-state index in [1.54, 1.807) is 0 Å². The SMILES string of the molecule is CC1(C)OB(C(=CN)C(=NC2CC2)OCc2ccccc2)OC1(C)C. The molecule has 0 aromatic heterocycles. The Kier molecular flexibility index (Phi) is 4.93. The summed E-state index contributed by atoms with van der Waals surface area (Å²) in [5.41, 5.74) is 6.78. The summed E-state index contributed by atoms with van der Waals surface area (Å²) in [5.74, 6) is 0.521. The van der Waals surface area contributed by atoms with Crippen molar-refractivity contribution in [3.63, 3.8) is 0 Å². The lowest BCUT2D eigenvalue weighted by molar-refractivity contribution is 0.00578. The quantitative estimate of drug-likeness (QED) is 0.507. The predicted octanol–water partition coefficient (Wildman–Crippen LogP) is 3.24. The average Bonchev–Trinajstić information content (AvgIpc) is 3.33. The fourth-order valence-corrected chi connectivity index (χ4v) is 2.51. The Balaban J connectivity index is 1.78. The molecular weight excluding hydrogens is 315 g/mol. The third-order valence-electron chi connectivity index (χ3n) is 5.00. The van der Waals surface area contributed by atoms with Crippen molar-refractivity contribution < 1.29 is 14.0 Å². The van der Waals surface area contributed by atoms with E-state index in [2.05, 4.69) is 0 Å². The van der Waals surface area contributed by atoms with E-state index in [1.165, 1.54) is 6.20 Å². The number of ether oxygens (including phenoxy) is 1. The molecule has 1 saturated heterocycles. The first-order valence-corrected chi connectivity index (χ1v) is 8.85. The molecule has 0 amide bonds. The Morgan fingerprint density at radius 1 is 1.20 bits per heavy atom. The first kappa shape index (κ1) is 18.0. The fourth-order valence-electron chi connectivity index (χ4n) is 2.51. The zero-order valence-corrected chi connectivity index (χ0v) is 15.5. The monoisotopic (exact) mass is 342 g/mol. The van der Waals surface area contributed by atoms with Gasteiger partial charge >= 0.3 is 7.12 Å². The van der Waals surface area contributed by atoms with Crippen molar-refractivity contribution in [1.82, 2.24) is 0 Å². The highest BCUT2D eigenvalue weighted by Gasteiger charge is 2.53. The number of hydrogen-bond acceptors (Lipinski definition) is 5. The third-order valence-corrected chi connectivity index (χ3v) is 5.00. The van der Waals surface area contributed by atoms with E-state index >= 15 is 0 Å². The van der Waals surface area contributed by atoms with E-state index in [0.29, 0.717) is 24.0 Å². The van der Waals surface area contributed by atoms with Gasteiger partial charge in [0.05, 0.1) is 22.7 Å². The molecule has 1 heterocycles. The fraction of sp³-hybridized carbons (Fsp3) is 0.526. The maximum atomic E-state index is 6.12. The lowest BCUT2D eigenvalue weighted by Crippen LogP contribution is -2.41. The van der Waals surface area contributed by atoms with Crippen LogP contribution in [-0.4, -0.2) is 30.3 Å². The van der Waals surface area contributed by atoms with Crippen LogP contribution >= 0.6 is 0 Å². The van der Waals surface area contributed by atoms with Gasteiger partial charge in [-0.1, -0.05) is 30.3 Å². The molecule has 3 rings (SSSR count). The van der Waals surface area contributed by atoms with Crippen molar-refractivity contribution >= 4 is 13.0 Å². The molecule has 5 nitrogen and oxygen atoms in total. The molecule has 0 bridgehead atoms. The standard InChI is InChI=1S/C19H27BN2O3/c1-18(2)19(3,4)25-20(24-18)16(12-21)17(22-15-10-11-15)23-13-14-8-6-5-7-9-14/h5-9,12,15H,10-11,13,21H2,1-4H3. The van der Waals surface area contributed by atoms with Gasteiger partial charge in [0.2, 0.25) is 5.90 Å². The summed E-state index contributed by atoms with van der Waals surface area (Å²) in [6.45, 7) is 8.50. The molecule has 134 valence electrons. The van der Waals surface area contributed by atoms with Gasteiger partial charge in [-0.25, -0.2) is 4.99 Å². The van der Waals surface area contributed by atoms with Crippen molar-refractivity contribution in [2.45, 2.75) is 64.4 Å². The minimum absolute atomic E-state index is 0.308. The van der Waals surface area contributed by atoms with Gasteiger partial charge in [0, 0.05) is 0 Å². The van der Waals surface area contributed by atoms with Crippen LogP contribution in [0.4, 0.5) is 0 Å². The number of nitrogens with zero attached hydrogens (tertiary/aromatic N) is 1. The molecule has 6 heteroatoms. The van der Waals surface area contributed by atoms with E-state index in [1.807, 2.05) is 58.0 Å². The summed E-state index contributed by atoms with van der Waals surface area (Å²) >= 11 is 0. The van der Waals surface area contributed by atoms with Gasteiger partial charge in [-0.3, -0.25) is 0 Å². The first-order valence-electron chi connectivity index (χ1n) is 8.85. The molecule has 2 aliphatic rings. The Hall–Kier alpha value is -1.79. The smallest absolute Gasteiger partial charge is 0.473 e. The van der Waals surface area contributed by atoms with Crippen molar-refractivity contribution in [2.24, 2.45) is 10.7 Å². The van der Waals surface area contributed by atoms with Crippen molar-refractivity contribution in [3.05, 3.63) is 47.6 Å². The van der Waals surface area contributed by atoms with Gasteiger partial charge in [0.1, 0.15) is 6.61 Å². The van der Waals surface area contributed by atoms with Gasteiger partial charge in [-0.05, 0) is 52.3 Å². The molecule has 0 atom stereocenters. The largest absolute Gasteiger partial charge is 0.501 e. The minimum Gasteiger partial charge on any atom is -0.473 e. The van der Waals surface area contributed by atoms with Crippen molar-refractivity contribution in [1.29, 1.82) is 0 Å². The molecule has 1 aliphatic carbocycles. The van der Waals surface area contributed by atoms with Crippen LogP contribution in [0.25, 0.3) is 0 Å². The molecule has 25 heavy (non-hydrogen) atoms. The maximum Gasteiger partial charge on any atom is 0.501 e. The minimum atomic E-state index is -0.580. The topological polar surface area (TPSA) is 66.1 Å². The second kappa shape index (κ2) is 6.85. The Bertz CT molecular complexity index is 651. The van der Waals surface area contributed by atoms with Gasteiger partial charge in [0.15, 0.2) is 0 Å². The molecule has 0 radical (unpaired) electrons. The second-order valence-electron chi connectivity index (χ2n) is 7.65. The van der Waals surface area contributed by atoms with E-state index in [4.69, 9.17) is 24.8 Å². The van der Waals surface area contributed by atoms with E-state index in [9.17, 15) is 0 Å². The van der Waals surface area contributed by atoms with E-state index < -0.39 is 18.3 Å². The van der Waals surface area contributed by atoms with Crippen LogP contribution < -0.4 is 5.73 Å². The highest BCUT2D eigenvalue weighted by Crippen LogP contribution is 2.39. The van der Waals surface area contributed by atoms with Crippen molar-refractivity contribution in [2.75, 3.05) is 0 Å². The highest BCUT2D eigenvalue weighted by molar-refractivity contribution is 6.61. The molecule has 1 aliphatic heterocycles. The zero-order chi connectivity index (χ0) is 18.1. The van der Waals surface area contributed by atoms with Gasteiger partial charge in [0.25, 0.3) is 0 Å². The summed E-state index contributed by atoms with van der Waals surface area (Å²) < 4.78 is 18.3. The van der Waals surface area contributed by atoms with Gasteiger partial charge in [-0.15, -0.1) is 0 Å². The Morgan fingerprint density at radius 3 is 2.32 bits per heavy atom. The molecular formula is C19H27BN2O3. The number of benzene rings is 1. The van der Waals surface area contributed by atoms with Crippen LogP contribution in [0.15, 0.2) is 47.0 Å². The number of rotatable bonds is 5. The normalized spacial score (nSPS) is 23.0. The molecule has 0 unspecified atom stereocenters. The molecule has 0 spiro atoms. The van der Waals surface area contributed by atoms with Crippen LogP contribution in [0.2, 0.25) is 0 Å². The summed E-state index contributed by atoms with van der Waals surface area (Å²) in [6, 6.07) is 10.3. The lowest BCUT2D eigenvalue weighted by Gasteiger charge is -2.32. The van der Waals surface area contributed by atoms with Crippen LogP contribution in [0, 0.1) is 0 Å². The third kappa shape index (κ3) is 4.07. The maximum absolute atomic E-state index is 6.12. The van der Waals surface area contributed by atoms with E-state index in [-0.39, 0.29) is 0 Å². The summed E-state index contributed by atoms with van der Waals surface area (Å²) in [4.78, 5) is 4.70.